The van der Waals surface area contributed by atoms with Crippen LogP contribution in [0.2, 0.25) is 0 Å². The van der Waals surface area contributed by atoms with Gasteiger partial charge in [0.2, 0.25) is 11.8 Å². The van der Waals surface area contributed by atoms with Crippen molar-refractivity contribution in [3.8, 4) is 0 Å². The van der Waals surface area contributed by atoms with E-state index >= 15 is 0 Å². The summed E-state index contributed by atoms with van der Waals surface area (Å²) < 4.78 is 5.34. The van der Waals surface area contributed by atoms with Gasteiger partial charge in [0.05, 0.1) is 12.6 Å². The number of hydrogen-bond donors (Lipinski definition) is 2. The lowest BCUT2D eigenvalue weighted by molar-refractivity contribution is -0.138. The summed E-state index contributed by atoms with van der Waals surface area (Å²) in [5.74, 6) is -1.49. The molecule has 45 heavy (non-hydrogen) atoms. The van der Waals surface area contributed by atoms with Crippen molar-refractivity contribution >= 4 is 35.3 Å². The third-order valence-electron chi connectivity index (χ3n) is 8.36. The number of hydrogen-bond acceptors (Lipinski definition) is 7. The van der Waals surface area contributed by atoms with Crippen LogP contribution in [0.3, 0.4) is 0 Å². The molecule has 242 valence electrons. The zero-order chi connectivity index (χ0) is 32.8. The summed E-state index contributed by atoms with van der Waals surface area (Å²) in [5.41, 5.74) is 2.20. The summed E-state index contributed by atoms with van der Waals surface area (Å²) in [5, 5.41) is 5.58. The van der Waals surface area contributed by atoms with Crippen molar-refractivity contribution in [1.82, 2.24) is 20.4 Å². The van der Waals surface area contributed by atoms with Gasteiger partial charge in [-0.3, -0.25) is 19.2 Å². The number of nitrogens with zero attached hydrogens (tertiary/aromatic N) is 3. The third kappa shape index (κ3) is 8.01. The fourth-order valence-corrected chi connectivity index (χ4v) is 5.99. The highest BCUT2D eigenvalue weighted by Gasteiger charge is 2.53. The molecule has 0 spiro atoms. The van der Waals surface area contributed by atoms with Gasteiger partial charge < -0.3 is 30.1 Å². The van der Waals surface area contributed by atoms with Gasteiger partial charge in [0.1, 0.15) is 24.7 Å². The number of rotatable bonds is 11. The van der Waals surface area contributed by atoms with Crippen LogP contribution in [0.4, 0.5) is 10.5 Å². The molecule has 2 aromatic rings. The Morgan fingerprint density at radius 2 is 1.58 bits per heavy atom. The number of ether oxygens (including phenoxy) is 1. The molecule has 0 bridgehead atoms. The zero-order valence-corrected chi connectivity index (χ0v) is 27.0. The molecule has 2 fully saturated rings. The van der Waals surface area contributed by atoms with Crippen molar-refractivity contribution in [3.05, 3.63) is 65.7 Å². The molecule has 0 unspecified atom stereocenters. The van der Waals surface area contributed by atoms with Crippen LogP contribution in [0.1, 0.15) is 56.5 Å². The maximum Gasteiger partial charge on any atom is 0.408 e. The molecule has 2 aromatic carbocycles. The molecular weight excluding hydrogens is 574 g/mol. The minimum absolute atomic E-state index is 0.0606. The maximum atomic E-state index is 13.9. The van der Waals surface area contributed by atoms with E-state index in [-0.39, 0.29) is 55.0 Å². The predicted molar refractivity (Wildman–Crippen MR) is 170 cm³/mol. The summed E-state index contributed by atoms with van der Waals surface area (Å²) in [4.78, 5) is 71.7. The Kier molecular flexibility index (Phi) is 10.8. The lowest BCUT2D eigenvalue weighted by Gasteiger charge is -2.30. The van der Waals surface area contributed by atoms with Crippen molar-refractivity contribution in [3.63, 3.8) is 0 Å². The second-order valence-corrected chi connectivity index (χ2v) is 12.8. The van der Waals surface area contributed by atoms with Crippen LogP contribution in [-0.4, -0.2) is 90.8 Å². The smallest absolute Gasteiger partial charge is 0.408 e. The standard InChI is InChI=1S/C34H45N5O6/c1-21(2)18-26(35-31(41)24-12-14-25(15-13-24)37(5)6)32(42)38-17-16-27-30(38)28(40)19-39(27)33(43)29(22(3)4)36-34(44)45-20-23-10-8-7-9-11-23/h7-15,21-22,26-27,29-30H,16-20H2,1-6H3,(H,35,41)(H,36,44)/t26-,27+,29-,30-/m0/s1. The molecule has 2 saturated heterocycles. The number of ketones is 1. The number of Topliss-reactive ketones (excluding diaryl/α,β-unsaturated/α-hetero) is 1. The van der Waals surface area contributed by atoms with Gasteiger partial charge in [0.15, 0.2) is 5.78 Å². The number of alkyl carbamates (subject to hydrolysis) is 1. The van der Waals surface area contributed by atoms with Gasteiger partial charge in [0.25, 0.3) is 5.91 Å². The Morgan fingerprint density at radius 1 is 0.911 bits per heavy atom. The Bertz CT molecular complexity index is 1380. The van der Waals surface area contributed by atoms with Crippen molar-refractivity contribution in [2.45, 2.75) is 71.3 Å². The molecule has 0 radical (unpaired) electrons. The van der Waals surface area contributed by atoms with Gasteiger partial charge in [-0.25, -0.2) is 4.79 Å². The topological polar surface area (TPSA) is 128 Å². The van der Waals surface area contributed by atoms with Crippen LogP contribution in [0.5, 0.6) is 0 Å². The first-order valence-corrected chi connectivity index (χ1v) is 15.6. The Labute approximate surface area is 265 Å². The molecule has 4 rings (SSSR count). The number of nitrogens with one attached hydrogen (secondary N) is 2. The van der Waals surface area contributed by atoms with Crippen molar-refractivity contribution < 1.29 is 28.7 Å². The van der Waals surface area contributed by atoms with E-state index in [9.17, 15) is 24.0 Å². The van der Waals surface area contributed by atoms with Gasteiger partial charge in [-0.1, -0.05) is 58.0 Å². The average Bonchev–Trinajstić information content (AvgIpc) is 3.59. The molecule has 4 atom stereocenters. The maximum absolute atomic E-state index is 13.9. The first-order chi connectivity index (χ1) is 21.4. The van der Waals surface area contributed by atoms with Crippen molar-refractivity contribution in [2.24, 2.45) is 11.8 Å². The van der Waals surface area contributed by atoms with Crippen LogP contribution < -0.4 is 15.5 Å². The number of likely N-dealkylation sites (tertiary alicyclic amines) is 2. The number of anilines is 1. The van der Waals surface area contributed by atoms with E-state index in [0.717, 1.165) is 11.3 Å². The number of carbonyl (C=O) groups is 5. The minimum Gasteiger partial charge on any atom is -0.445 e. The van der Waals surface area contributed by atoms with E-state index in [1.165, 1.54) is 9.80 Å². The lowest BCUT2D eigenvalue weighted by atomic mass is 10.0. The highest BCUT2D eigenvalue weighted by Crippen LogP contribution is 2.32. The van der Waals surface area contributed by atoms with E-state index < -0.39 is 30.3 Å². The summed E-state index contributed by atoms with van der Waals surface area (Å²) in [6, 6.07) is 13.3. The SMILES string of the molecule is CC(C)C[C@H](NC(=O)c1ccc(N(C)C)cc1)C(=O)N1CC[C@@H]2[C@H]1C(=O)CN2C(=O)[C@@H](NC(=O)OCc1ccccc1)C(C)C. The number of amides is 4. The molecule has 2 aliphatic rings. The lowest BCUT2D eigenvalue weighted by Crippen LogP contribution is -2.54. The molecule has 11 heteroatoms. The summed E-state index contributed by atoms with van der Waals surface area (Å²) in [7, 11) is 3.82. The fraction of sp³-hybridized carbons (Fsp3) is 0.500. The van der Waals surface area contributed by atoms with E-state index in [1.807, 2.05) is 89.2 Å². The van der Waals surface area contributed by atoms with Crippen LogP contribution >= 0.6 is 0 Å². The second kappa shape index (κ2) is 14.6. The predicted octanol–water partition coefficient (Wildman–Crippen LogP) is 3.23. The molecule has 0 aromatic heterocycles. The molecule has 11 nitrogen and oxygen atoms in total. The van der Waals surface area contributed by atoms with Gasteiger partial charge in [-0.2, -0.15) is 0 Å². The molecule has 4 amide bonds. The monoisotopic (exact) mass is 619 g/mol. The summed E-state index contributed by atoms with van der Waals surface area (Å²) in [6.45, 7) is 7.75. The van der Waals surface area contributed by atoms with Gasteiger partial charge in [-0.05, 0) is 54.5 Å². The van der Waals surface area contributed by atoms with E-state index in [4.69, 9.17) is 4.74 Å². The van der Waals surface area contributed by atoms with E-state index in [0.29, 0.717) is 18.4 Å². The molecule has 2 N–H and O–H groups in total. The Morgan fingerprint density at radius 3 is 2.18 bits per heavy atom. The average molecular weight is 620 g/mol. The number of benzene rings is 2. The van der Waals surface area contributed by atoms with E-state index in [1.54, 1.807) is 12.1 Å². The van der Waals surface area contributed by atoms with Gasteiger partial charge in [-0.15, -0.1) is 0 Å². The molecular formula is C34H45N5O6. The summed E-state index contributed by atoms with van der Waals surface area (Å²) >= 11 is 0. The van der Waals surface area contributed by atoms with Crippen molar-refractivity contribution in [2.75, 3.05) is 32.1 Å². The highest BCUT2D eigenvalue weighted by atomic mass is 16.5. The second-order valence-electron chi connectivity index (χ2n) is 12.8. The first-order valence-electron chi connectivity index (χ1n) is 15.6. The minimum atomic E-state index is -0.906. The Hall–Kier alpha value is -4.41. The van der Waals surface area contributed by atoms with Crippen LogP contribution in [0.25, 0.3) is 0 Å². The van der Waals surface area contributed by atoms with Crippen LogP contribution in [0, 0.1) is 11.8 Å². The molecule has 2 aliphatic heterocycles. The van der Waals surface area contributed by atoms with Gasteiger partial charge >= 0.3 is 6.09 Å². The quantitative estimate of drug-likeness (QED) is 0.395. The fourth-order valence-electron chi connectivity index (χ4n) is 5.99. The molecule has 0 aliphatic carbocycles. The number of fused-ring (bicyclic) bond motifs is 1. The number of carbonyl (C=O) groups excluding carboxylic acids is 5. The highest BCUT2D eigenvalue weighted by molar-refractivity contribution is 6.01. The van der Waals surface area contributed by atoms with Crippen LogP contribution in [0.15, 0.2) is 54.6 Å². The van der Waals surface area contributed by atoms with E-state index in [2.05, 4.69) is 10.6 Å². The first kappa shape index (κ1) is 33.5. The van der Waals surface area contributed by atoms with Gasteiger partial charge in [0, 0.05) is 31.9 Å². The summed E-state index contributed by atoms with van der Waals surface area (Å²) in [6.07, 6.45) is 0.0981. The molecule has 0 saturated carbocycles. The largest absolute Gasteiger partial charge is 0.445 e. The normalized spacial score (nSPS) is 18.9. The van der Waals surface area contributed by atoms with Crippen molar-refractivity contribution in [1.29, 1.82) is 0 Å². The Balaban J connectivity index is 1.43. The van der Waals surface area contributed by atoms with Crippen LogP contribution in [-0.2, 0) is 25.7 Å². The molecule has 2 heterocycles. The third-order valence-corrected chi connectivity index (χ3v) is 8.36. The zero-order valence-electron chi connectivity index (χ0n) is 27.0.